The summed E-state index contributed by atoms with van der Waals surface area (Å²) in [6, 6.07) is 6.99. The van der Waals surface area contributed by atoms with Gasteiger partial charge in [0.05, 0.1) is 18.5 Å². The highest BCUT2D eigenvalue weighted by atomic mass is 16.3. The van der Waals surface area contributed by atoms with Gasteiger partial charge >= 0.3 is 0 Å². The lowest BCUT2D eigenvalue weighted by molar-refractivity contribution is 0.271. The summed E-state index contributed by atoms with van der Waals surface area (Å²) >= 11 is 0. The minimum atomic E-state index is 0.0386. The number of hydrogen-bond acceptors (Lipinski definition) is 7. The zero-order valence-electron chi connectivity index (χ0n) is 14.4. The predicted molar refractivity (Wildman–Crippen MR) is 97.2 cm³/mol. The molecule has 0 radical (unpaired) electrons. The second-order valence-electron chi connectivity index (χ2n) is 6.96. The number of fused-ring (bicyclic) bond motifs is 2. The van der Waals surface area contributed by atoms with Gasteiger partial charge in [-0.15, -0.1) is 0 Å². The molecule has 0 saturated carbocycles. The van der Waals surface area contributed by atoms with E-state index in [4.69, 9.17) is 0 Å². The third-order valence-corrected chi connectivity index (χ3v) is 5.00. The van der Waals surface area contributed by atoms with Gasteiger partial charge in [0.1, 0.15) is 5.82 Å². The Morgan fingerprint density at radius 2 is 2.04 bits per heavy atom. The number of aliphatic hydroxyl groups is 1. The molecule has 2 saturated heterocycles. The van der Waals surface area contributed by atoms with Crippen molar-refractivity contribution < 1.29 is 5.11 Å². The summed E-state index contributed by atoms with van der Waals surface area (Å²) in [7, 11) is 0. The van der Waals surface area contributed by atoms with E-state index in [0.717, 1.165) is 30.3 Å². The van der Waals surface area contributed by atoms with Crippen LogP contribution < -0.4 is 15.5 Å². The Labute approximate surface area is 147 Å². The van der Waals surface area contributed by atoms with Crippen molar-refractivity contribution in [2.24, 2.45) is 0 Å². The quantitative estimate of drug-likeness (QED) is 0.763. The molecular formula is C18H24N6O. The molecule has 0 spiro atoms. The molecule has 0 aliphatic carbocycles. The van der Waals surface area contributed by atoms with Crippen LogP contribution >= 0.6 is 0 Å². The molecule has 132 valence electrons. The van der Waals surface area contributed by atoms with Gasteiger partial charge in [-0.1, -0.05) is 6.92 Å². The standard InChI is InChI=1S/C18H24N6O/c1-12(11-25)16-5-4-13(8-20-16)22-18-19-7-6-17(23-18)24-9-14-2-3-15(10-24)21-14/h4-8,12,14-15,21,25H,2-3,9-11H2,1H3,(H,19,22,23)/t12?,14-,15+. The fourth-order valence-electron chi connectivity index (χ4n) is 3.56. The molecule has 4 rings (SSSR count). The van der Waals surface area contributed by atoms with E-state index in [2.05, 4.69) is 30.5 Å². The number of piperazine rings is 1. The SMILES string of the molecule is CC(CO)c1ccc(Nc2nccc(N3C[C@H]4CC[C@@H](C3)N4)n2)cn1. The van der Waals surface area contributed by atoms with E-state index in [0.29, 0.717) is 18.0 Å². The molecule has 2 bridgehead atoms. The van der Waals surface area contributed by atoms with Crippen molar-refractivity contribution in [3.05, 3.63) is 36.3 Å². The minimum Gasteiger partial charge on any atom is -0.396 e. The zero-order chi connectivity index (χ0) is 17.2. The van der Waals surface area contributed by atoms with Gasteiger partial charge in [-0.3, -0.25) is 4.98 Å². The lowest BCUT2D eigenvalue weighted by atomic mass is 10.1. The van der Waals surface area contributed by atoms with Crippen molar-refractivity contribution in [3.8, 4) is 0 Å². The molecule has 2 fully saturated rings. The summed E-state index contributed by atoms with van der Waals surface area (Å²) in [5, 5.41) is 16.1. The molecule has 2 aliphatic heterocycles. The Bertz CT molecular complexity index is 710. The van der Waals surface area contributed by atoms with Gasteiger partial charge in [0.25, 0.3) is 0 Å². The lowest BCUT2D eigenvalue weighted by Gasteiger charge is -2.33. The highest BCUT2D eigenvalue weighted by molar-refractivity contribution is 5.54. The molecule has 0 aromatic carbocycles. The fraction of sp³-hybridized carbons (Fsp3) is 0.500. The number of aromatic nitrogens is 3. The minimum absolute atomic E-state index is 0.0386. The molecule has 2 aromatic rings. The Morgan fingerprint density at radius 1 is 1.24 bits per heavy atom. The van der Waals surface area contributed by atoms with Gasteiger partial charge < -0.3 is 20.6 Å². The first-order chi connectivity index (χ1) is 12.2. The maximum atomic E-state index is 9.20. The molecule has 2 aliphatic rings. The maximum Gasteiger partial charge on any atom is 0.229 e. The Kier molecular flexibility index (Phi) is 4.50. The molecule has 7 heteroatoms. The first-order valence-corrected chi connectivity index (χ1v) is 8.89. The summed E-state index contributed by atoms with van der Waals surface area (Å²) < 4.78 is 0. The molecule has 1 unspecified atom stereocenters. The van der Waals surface area contributed by atoms with E-state index >= 15 is 0 Å². The van der Waals surface area contributed by atoms with Crippen molar-refractivity contribution in [2.75, 3.05) is 29.9 Å². The fourth-order valence-corrected chi connectivity index (χ4v) is 3.56. The molecular weight excluding hydrogens is 316 g/mol. The van der Waals surface area contributed by atoms with Crippen molar-refractivity contribution in [2.45, 2.75) is 37.8 Å². The molecule has 0 amide bonds. The van der Waals surface area contributed by atoms with Gasteiger partial charge in [-0.25, -0.2) is 4.98 Å². The van der Waals surface area contributed by atoms with Crippen LogP contribution in [0, 0.1) is 0 Å². The molecule has 7 nitrogen and oxygen atoms in total. The van der Waals surface area contributed by atoms with Crippen molar-refractivity contribution in [1.29, 1.82) is 0 Å². The van der Waals surface area contributed by atoms with Gasteiger partial charge in [-0.05, 0) is 31.0 Å². The maximum absolute atomic E-state index is 9.20. The molecule has 4 heterocycles. The van der Waals surface area contributed by atoms with Crippen LogP contribution in [0.15, 0.2) is 30.6 Å². The number of nitrogens with zero attached hydrogens (tertiary/aromatic N) is 4. The van der Waals surface area contributed by atoms with E-state index in [1.807, 2.05) is 25.1 Å². The number of rotatable bonds is 5. The number of aliphatic hydroxyl groups excluding tert-OH is 1. The van der Waals surface area contributed by atoms with Crippen LogP contribution in [0.1, 0.15) is 31.4 Å². The highest BCUT2D eigenvalue weighted by Gasteiger charge is 2.32. The monoisotopic (exact) mass is 340 g/mol. The number of anilines is 3. The van der Waals surface area contributed by atoms with Gasteiger partial charge in [0.2, 0.25) is 5.95 Å². The third-order valence-electron chi connectivity index (χ3n) is 5.00. The van der Waals surface area contributed by atoms with Crippen LogP contribution in [0.25, 0.3) is 0 Å². The average Bonchev–Trinajstić information content (AvgIpc) is 2.99. The van der Waals surface area contributed by atoms with Gasteiger partial charge in [0.15, 0.2) is 0 Å². The van der Waals surface area contributed by atoms with Gasteiger partial charge in [0, 0.05) is 43.0 Å². The van der Waals surface area contributed by atoms with E-state index in [1.54, 1.807) is 12.4 Å². The van der Waals surface area contributed by atoms with E-state index in [-0.39, 0.29) is 12.5 Å². The highest BCUT2D eigenvalue weighted by Crippen LogP contribution is 2.25. The van der Waals surface area contributed by atoms with Crippen molar-refractivity contribution in [3.63, 3.8) is 0 Å². The topological polar surface area (TPSA) is 86.2 Å². The first kappa shape index (κ1) is 16.2. The predicted octanol–water partition coefficient (Wildman–Crippen LogP) is 1.65. The van der Waals surface area contributed by atoms with Crippen LogP contribution in [0.5, 0.6) is 0 Å². The summed E-state index contributed by atoms with van der Waals surface area (Å²) in [5.74, 6) is 1.58. The summed E-state index contributed by atoms with van der Waals surface area (Å²) in [6.07, 6.45) is 6.05. The Morgan fingerprint density at radius 3 is 2.72 bits per heavy atom. The van der Waals surface area contributed by atoms with E-state index < -0.39 is 0 Å². The third kappa shape index (κ3) is 3.57. The Balaban J connectivity index is 1.46. The average molecular weight is 340 g/mol. The normalized spacial score (nSPS) is 23.5. The lowest BCUT2D eigenvalue weighted by Crippen LogP contribution is -2.51. The Hall–Kier alpha value is -2.25. The second-order valence-corrected chi connectivity index (χ2v) is 6.96. The van der Waals surface area contributed by atoms with Crippen LogP contribution in [0.4, 0.5) is 17.5 Å². The van der Waals surface area contributed by atoms with Crippen LogP contribution in [-0.2, 0) is 0 Å². The summed E-state index contributed by atoms with van der Waals surface area (Å²) in [5.41, 5.74) is 1.71. The summed E-state index contributed by atoms with van der Waals surface area (Å²) in [4.78, 5) is 15.7. The molecule has 3 N–H and O–H groups in total. The van der Waals surface area contributed by atoms with E-state index in [1.165, 1.54) is 12.8 Å². The van der Waals surface area contributed by atoms with Crippen LogP contribution in [-0.4, -0.2) is 51.8 Å². The first-order valence-electron chi connectivity index (χ1n) is 8.89. The number of pyridine rings is 1. The van der Waals surface area contributed by atoms with E-state index in [9.17, 15) is 5.11 Å². The number of nitrogens with one attached hydrogen (secondary N) is 2. The number of hydrogen-bond donors (Lipinski definition) is 3. The molecule has 2 aromatic heterocycles. The largest absolute Gasteiger partial charge is 0.396 e. The van der Waals surface area contributed by atoms with Crippen LogP contribution in [0.3, 0.4) is 0 Å². The smallest absolute Gasteiger partial charge is 0.229 e. The molecule has 3 atom stereocenters. The van der Waals surface area contributed by atoms with Crippen molar-refractivity contribution >= 4 is 17.5 Å². The van der Waals surface area contributed by atoms with Crippen LogP contribution in [0.2, 0.25) is 0 Å². The zero-order valence-corrected chi connectivity index (χ0v) is 14.4. The van der Waals surface area contributed by atoms with Gasteiger partial charge in [-0.2, -0.15) is 4.98 Å². The van der Waals surface area contributed by atoms with Crippen molar-refractivity contribution in [1.82, 2.24) is 20.3 Å². The second kappa shape index (κ2) is 6.93. The summed E-state index contributed by atoms with van der Waals surface area (Å²) in [6.45, 7) is 4.05. The molecule has 25 heavy (non-hydrogen) atoms.